The topological polar surface area (TPSA) is 37.4 Å². The standard InChI is InChI=1S/C13H23N3O/c1-4-14-13-8-6-7-12(15-13)11-16(5-2)9-10-17-3/h6-8H,4-5,9-11H2,1-3H3,(H,14,15). The van der Waals surface area contributed by atoms with Gasteiger partial charge < -0.3 is 10.1 Å². The van der Waals surface area contributed by atoms with Crippen LogP contribution in [0.5, 0.6) is 0 Å². The van der Waals surface area contributed by atoms with E-state index in [1.54, 1.807) is 7.11 Å². The number of nitrogens with one attached hydrogen (secondary N) is 1. The molecule has 0 spiro atoms. The van der Waals surface area contributed by atoms with Crippen LogP contribution in [0.15, 0.2) is 18.2 Å². The van der Waals surface area contributed by atoms with Gasteiger partial charge in [0.25, 0.3) is 0 Å². The molecule has 0 aliphatic carbocycles. The van der Waals surface area contributed by atoms with Crippen LogP contribution in [0.25, 0.3) is 0 Å². The van der Waals surface area contributed by atoms with E-state index in [-0.39, 0.29) is 0 Å². The van der Waals surface area contributed by atoms with Crippen LogP contribution >= 0.6 is 0 Å². The van der Waals surface area contributed by atoms with Gasteiger partial charge in [-0.3, -0.25) is 4.90 Å². The predicted octanol–water partition coefficient (Wildman–Crippen LogP) is 1.98. The Morgan fingerprint density at radius 1 is 1.35 bits per heavy atom. The van der Waals surface area contributed by atoms with Crippen LogP contribution in [-0.2, 0) is 11.3 Å². The van der Waals surface area contributed by atoms with E-state index in [9.17, 15) is 0 Å². The van der Waals surface area contributed by atoms with Crippen LogP contribution in [0.4, 0.5) is 5.82 Å². The summed E-state index contributed by atoms with van der Waals surface area (Å²) in [6.07, 6.45) is 0. The van der Waals surface area contributed by atoms with Gasteiger partial charge in [-0.2, -0.15) is 0 Å². The molecule has 1 aromatic heterocycles. The number of nitrogens with zero attached hydrogens (tertiary/aromatic N) is 2. The van der Waals surface area contributed by atoms with Gasteiger partial charge in [-0.1, -0.05) is 13.0 Å². The largest absolute Gasteiger partial charge is 0.383 e. The lowest BCUT2D eigenvalue weighted by molar-refractivity contribution is 0.147. The number of anilines is 1. The molecule has 0 amide bonds. The third-order valence-corrected chi connectivity index (χ3v) is 2.61. The molecular weight excluding hydrogens is 214 g/mol. The maximum Gasteiger partial charge on any atom is 0.126 e. The van der Waals surface area contributed by atoms with Crippen molar-refractivity contribution in [3.63, 3.8) is 0 Å². The van der Waals surface area contributed by atoms with Crippen LogP contribution in [0.3, 0.4) is 0 Å². The highest BCUT2D eigenvalue weighted by Crippen LogP contribution is 2.07. The lowest BCUT2D eigenvalue weighted by Crippen LogP contribution is -2.27. The number of rotatable bonds is 8. The fourth-order valence-corrected chi connectivity index (χ4v) is 1.65. The minimum atomic E-state index is 0.765. The first-order chi connectivity index (χ1) is 8.30. The van der Waals surface area contributed by atoms with E-state index in [4.69, 9.17) is 4.74 Å². The molecule has 0 atom stereocenters. The molecule has 17 heavy (non-hydrogen) atoms. The van der Waals surface area contributed by atoms with E-state index < -0.39 is 0 Å². The summed E-state index contributed by atoms with van der Waals surface area (Å²) in [6, 6.07) is 6.11. The zero-order valence-corrected chi connectivity index (χ0v) is 11.1. The average molecular weight is 237 g/mol. The summed E-state index contributed by atoms with van der Waals surface area (Å²) in [6.45, 7) is 8.73. The third-order valence-electron chi connectivity index (χ3n) is 2.61. The summed E-state index contributed by atoms with van der Waals surface area (Å²) in [7, 11) is 1.73. The molecule has 96 valence electrons. The molecule has 0 saturated heterocycles. The van der Waals surface area contributed by atoms with E-state index in [0.717, 1.165) is 44.3 Å². The Morgan fingerprint density at radius 3 is 2.82 bits per heavy atom. The van der Waals surface area contributed by atoms with Gasteiger partial charge in [-0.25, -0.2) is 4.98 Å². The minimum absolute atomic E-state index is 0.765. The first kappa shape index (κ1) is 13.9. The number of ether oxygens (including phenoxy) is 1. The first-order valence-electron chi connectivity index (χ1n) is 6.21. The zero-order chi connectivity index (χ0) is 12.5. The molecular formula is C13H23N3O. The van der Waals surface area contributed by atoms with Crippen molar-refractivity contribution in [1.29, 1.82) is 0 Å². The second kappa shape index (κ2) is 8.03. The Balaban J connectivity index is 2.55. The van der Waals surface area contributed by atoms with E-state index in [0.29, 0.717) is 0 Å². The average Bonchev–Trinajstić information content (AvgIpc) is 2.35. The van der Waals surface area contributed by atoms with Gasteiger partial charge in [0.2, 0.25) is 0 Å². The number of methoxy groups -OCH3 is 1. The lowest BCUT2D eigenvalue weighted by atomic mass is 10.3. The Kier molecular flexibility index (Phi) is 6.58. The van der Waals surface area contributed by atoms with Crippen molar-refractivity contribution in [1.82, 2.24) is 9.88 Å². The van der Waals surface area contributed by atoms with Crippen LogP contribution in [0, 0.1) is 0 Å². The number of pyridine rings is 1. The molecule has 1 rings (SSSR count). The van der Waals surface area contributed by atoms with Crippen LogP contribution in [0.1, 0.15) is 19.5 Å². The van der Waals surface area contributed by atoms with E-state index in [1.165, 1.54) is 0 Å². The van der Waals surface area contributed by atoms with Gasteiger partial charge in [-0.05, 0) is 25.6 Å². The van der Waals surface area contributed by atoms with Crippen molar-refractivity contribution in [2.45, 2.75) is 20.4 Å². The normalized spacial score (nSPS) is 10.8. The molecule has 4 heteroatoms. The van der Waals surface area contributed by atoms with Crippen LogP contribution < -0.4 is 5.32 Å². The molecule has 1 heterocycles. The number of likely N-dealkylation sites (N-methyl/N-ethyl adjacent to an activating group) is 1. The highest BCUT2D eigenvalue weighted by atomic mass is 16.5. The number of hydrogen-bond donors (Lipinski definition) is 1. The second-order valence-corrected chi connectivity index (χ2v) is 3.91. The summed E-state index contributed by atoms with van der Waals surface area (Å²) in [4.78, 5) is 6.89. The van der Waals surface area contributed by atoms with E-state index in [2.05, 4.69) is 35.1 Å². The number of hydrogen-bond acceptors (Lipinski definition) is 4. The summed E-state index contributed by atoms with van der Waals surface area (Å²) in [5, 5.41) is 3.23. The predicted molar refractivity (Wildman–Crippen MR) is 71.2 cm³/mol. The van der Waals surface area contributed by atoms with Gasteiger partial charge in [0.05, 0.1) is 12.3 Å². The van der Waals surface area contributed by atoms with Gasteiger partial charge in [-0.15, -0.1) is 0 Å². The first-order valence-corrected chi connectivity index (χ1v) is 6.21. The quantitative estimate of drug-likeness (QED) is 0.750. The third kappa shape index (κ3) is 5.15. The Bertz CT molecular complexity index is 317. The summed E-state index contributed by atoms with van der Waals surface area (Å²) < 4.78 is 5.10. The van der Waals surface area contributed by atoms with Crippen molar-refractivity contribution < 1.29 is 4.74 Å². The molecule has 0 aliphatic heterocycles. The van der Waals surface area contributed by atoms with E-state index >= 15 is 0 Å². The van der Waals surface area contributed by atoms with E-state index in [1.807, 2.05) is 12.1 Å². The van der Waals surface area contributed by atoms with Gasteiger partial charge >= 0.3 is 0 Å². The van der Waals surface area contributed by atoms with Crippen molar-refractivity contribution in [2.75, 3.05) is 38.7 Å². The molecule has 0 aliphatic rings. The fourth-order valence-electron chi connectivity index (χ4n) is 1.65. The highest BCUT2D eigenvalue weighted by molar-refractivity contribution is 5.34. The summed E-state index contributed by atoms with van der Waals surface area (Å²) in [5.41, 5.74) is 1.10. The van der Waals surface area contributed by atoms with Crippen LogP contribution in [0.2, 0.25) is 0 Å². The van der Waals surface area contributed by atoms with Crippen LogP contribution in [-0.4, -0.2) is 43.2 Å². The molecule has 0 fully saturated rings. The molecule has 0 aromatic carbocycles. The van der Waals surface area contributed by atoms with Gasteiger partial charge in [0.15, 0.2) is 0 Å². The molecule has 4 nitrogen and oxygen atoms in total. The molecule has 0 unspecified atom stereocenters. The molecule has 0 saturated carbocycles. The molecule has 1 N–H and O–H groups in total. The Hall–Kier alpha value is -1.13. The highest BCUT2D eigenvalue weighted by Gasteiger charge is 2.04. The summed E-state index contributed by atoms with van der Waals surface area (Å²) >= 11 is 0. The number of aromatic nitrogens is 1. The van der Waals surface area contributed by atoms with Crippen molar-refractivity contribution in [3.05, 3.63) is 23.9 Å². The monoisotopic (exact) mass is 237 g/mol. The van der Waals surface area contributed by atoms with Crippen molar-refractivity contribution >= 4 is 5.82 Å². The van der Waals surface area contributed by atoms with Crippen molar-refractivity contribution in [3.8, 4) is 0 Å². The molecule has 0 radical (unpaired) electrons. The van der Waals surface area contributed by atoms with Gasteiger partial charge in [0, 0.05) is 26.7 Å². The SMILES string of the molecule is CCNc1cccc(CN(CC)CCOC)n1. The molecule has 1 aromatic rings. The maximum atomic E-state index is 5.10. The second-order valence-electron chi connectivity index (χ2n) is 3.91. The van der Waals surface area contributed by atoms with Crippen molar-refractivity contribution in [2.24, 2.45) is 0 Å². The Labute approximate surface area is 104 Å². The minimum Gasteiger partial charge on any atom is -0.383 e. The zero-order valence-electron chi connectivity index (χ0n) is 11.1. The maximum absolute atomic E-state index is 5.10. The Morgan fingerprint density at radius 2 is 2.18 bits per heavy atom. The van der Waals surface area contributed by atoms with Gasteiger partial charge in [0.1, 0.15) is 5.82 Å². The summed E-state index contributed by atoms with van der Waals surface area (Å²) in [5.74, 6) is 0.952. The lowest BCUT2D eigenvalue weighted by Gasteiger charge is -2.19. The molecule has 0 bridgehead atoms. The fraction of sp³-hybridized carbons (Fsp3) is 0.615. The smallest absolute Gasteiger partial charge is 0.126 e.